The average molecular weight is 212 g/mol. The first-order valence-electron chi connectivity index (χ1n) is 3.95. The van der Waals surface area contributed by atoms with E-state index in [0.29, 0.717) is 0 Å². The molecule has 0 aliphatic heterocycles. The van der Waals surface area contributed by atoms with Crippen LogP contribution in [0.25, 0.3) is 6.08 Å². The molecule has 6 heteroatoms. The number of hydrogen-bond acceptors (Lipinski definition) is 4. The third-order valence-electron chi connectivity index (χ3n) is 1.59. The van der Waals surface area contributed by atoms with Crippen LogP contribution in [0.15, 0.2) is 12.1 Å². The van der Waals surface area contributed by atoms with Gasteiger partial charge in [-0.3, -0.25) is 0 Å². The van der Waals surface area contributed by atoms with E-state index in [1.54, 1.807) is 0 Å². The fourth-order valence-corrected chi connectivity index (χ4v) is 0.944. The molecule has 5 nitrogen and oxygen atoms in total. The van der Waals surface area contributed by atoms with Gasteiger partial charge in [0.1, 0.15) is 0 Å². The minimum atomic E-state index is -1.14. The molecule has 1 aromatic heterocycles. The smallest absolute Gasteiger partial charge is 0.328 e. The van der Waals surface area contributed by atoms with Gasteiger partial charge in [-0.05, 0) is 12.1 Å². The summed E-state index contributed by atoms with van der Waals surface area (Å²) >= 11 is 0. The lowest BCUT2D eigenvalue weighted by Crippen LogP contribution is -2.00. The fraction of sp³-hybridized carbons (Fsp3) is 0.111. The summed E-state index contributed by atoms with van der Waals surface area (Å²) in [5.74, 6) is -2.08. The van der Waals surface area contributed by atoms with Gasteiger partial charge in [0.25, 0.3) is 0 Å². The Labute approximate surface area is 85.0 Å². The van der Waals surface area contributed by atoms with Gasteiger partial charge in [0, 0.05) is 11.6 Å². The second-order valence-electron chi connectivity index (χ2n) is 2.63. The molecule has 0 spiro atoms. The van der Waals surface area contributed by atoms with Crippen LogP contribution in [0.4, 0.5) is 10.2 Å². The normalized spacial score (nSPS) is 10.5. The van der Waals surface area contributed by atoms with E-state index in [2.05, 4.69) is 4.98 Å². The first kappa shape index (κ1) is 11.0. The summed E-state index contributed by atoms with van der Waals surface area (Å²) in [4.78, 5) is 13.9. The summed E-state index contributed by atoms with van der Waals surface area (Å²) in [6.07, 6.45) is 2.03. The molecule has 0 radical (unpaired) electrons. The highest BCUT2D eigenvalue weighted by molar-refractivity contribution is 5.85. The van der Waals surface area contributed by atoms with E-state index >= 15 is 0 Å². The summed E-state index contributed by atoms with van der Waals surface area (Å²) in [5.41, 5.74) is 5.43. The Morgan fingerprint density at radius 3 is 2.93 bits per heavy atom. The molecule has 3 N–H and O–H groups in total. The Morgan fingerprint density at radius 2 is 2.40 bits per heavy atom. The van der Waals surface area contributed by atoms with Gasteiger partial charge in [0.15, 0.2) is 11.6 Å². The third-order valence-corrected chi connectivity index (χ3v) is 1.59. The quantitative estimate of drug-likeness (QED) is 0.727. The predicted molar refractivity (Wildman–Crippen MR) is 51.8 cm³/mol. The molecule has 0 aliphatic rings. The number of nitrogens with zero attached hydrogens (tertiary/aromatic N) is 1. The van der Waals surface area contributed by atoms with Crippen molar-refractivity contribution < 1.29 is 19.0 Å². The summed E-state index contributed by atoms with van der Waals surface area (Å²) in [7, 11) is 1.33. The maximum atomic E-state index is 13.0. The fourth-order valence-electron chi connectivity index (χ4n) is 0.944. The predicted octanol–water partition coefficient (Wildman–Crippen LogP) is 0.909. The molecule has 80 valence electrons. The lowest BCUT2D eigenvalue weighted by Gasteiger charge is -2.04. The number of carboxylic acid groups (broad SMARTS) is 1. The van der Waals surface area contributed by atoms with Crippen molar-refractivity contribution in [1.82, 2.24) is 4.98 Å². The van der Waals surface area contributed by atoms with E-state index in [0.717, 1.165) is 12.1 Å². The lowest BCUT2D eigenvalue weighted by atomic mass is 10.2. The Morgan fingerprint density at radius 1 is 1.73 bits per heavy atom. The molecule has 0 saturated heterocycles. The second kappa shape index (κ2) is 4.41. The Bertz CT molecular complexity index is 418. The number of aliphatic carboxylic acids is 1. The number of aromatic nitrogens is 1. The molecule has 1 rings (SSSR count). The number of carbonyl (C=O) groups is 1. The highest BCUT2D eigenvalue weighted by Crippen LogP contribution is 2.21. The molecular weight excluding hydrogens is 203 g/mol. The van der Waals surface area contributed by atoms with Gasteiger partial charge in [-0.2, -0.15) is 4.98 Å². The Hall–Kier alpha value is -2.11. The molecule has 0 bridgehead atoms. The van der Waals surface area contributed by atoms with E-state index in [1.165, 1.54) is 13.2 Å². The van der Waals surface area contributed by atoms with E-state index < -0.39 is 11.8 Å². The second-order valence-corrected chi connectivity index (χ2v) is 2.63. The third kappa shape index (κ3) is 2.67. The molecule has 1 aromatic rings. The summed E-state index contributed by atoms with van der Waals surface area (Å²) in [6.45, 7) is 0. The van der Waals surface area contributed by atoms with Crippen molar-refractivity contribution in [3.63, 3.8) is 0 Å². The van der Waals surface area contributed by atoms with Crippen LogP contribution < -0.4 is 10.5 Å². The van der Waals surface area contributed by atoms with Gasteiger partial charge in [-0.25, -0.2) is 9.18 Å². The number of rotatable bonds is 3. The van der Waals surface area contributed by atoms with E-state index in [4.69, 9.17) is 15.6 Å². The molecule has 0 fully saturated rings. The zero-order valence-electron chi connectivity index (χ0n) is 7.90. The van der Waals surface area contributed by atoms with Crippen LogP contribution in [0.2, 0.25) is 0 Å². The molecule has 0 aliphatic carbocycles. The van der Waals surface area contributed by atoms with Crippen LogP contribution in [0.5, 0.6) is 5.88 Å². The Balaban J connectivity index is 3.16. The minimum Gasteiger partial charge on any atom is -0.481 e. The van der Waals surface area contributed by atoms with Gasteiger partial charge >= 0.3 is 5.97 Å². The van der Waals surface area contributed by atoms with Crippen LogP contribution in [0.3, 0.4) is 0 Å². The zero-order valence-corrected chi connectivity index (χ0v) is 7.90. The number of hydrogen-bond donors (Lipinski definition) is 2. The first-order valence-corrected chi connectivity index (χ1v) is 3.95. The molecule has 0 saturated carbocycles. The molecule has 15 heavy (non-hydrogen) atoms. The van der Waals surface area contributed by atoms with Crippen molar-refractivity contribution >= 4 is 17.9 Å². The van der Waals surface area contributed by atoms with E-state index in [-0.39, 0.29) is 17.3 Å². The standard InChI is InChI=1S/C9H9FN2O3/c1-15-9-5(2-3-7(13)14)4-6(10)8(11)12-9/h2-4H,1H3,(H2,11,12)(H,13,14). The first-order chi connectivity index (χ1) is 7.04. The van der Waals surface area contributed by atoms with Crippen LogP contribution in [0, 0.1) is 5.82 Å². The Kier molecular flexibility index (Phi) is 3.22. The molecule has 0 amide bonds. The highest BCUT2D eigenvalue weighted by Gasteiger charge is 2.08. The lowest BCUT2D eigenvalue weighted by molar-refractivity contribution is -0.131. The molecule has 0 atom stereocenters. The van der Waals surface area contributed by atoms with Crippen molar-refractivity contribution in [3.8, 4) is 5.88 Å². The maximum absolute atomic E-state index is 13.0. The number of pyridine rings is 1. The van der Waals surface area contributed by atoms with Crippen LogP contribution in [0.1, 0.15) is 5.56 Å². The van der Waals surface area contributed by atoms with Gasteiger partial charge in [0.2, 0.25) is 5.88 Å². The van der Waals surface area contributed by atoms with Crippen LogP contribution in [-0.4, -0.2) is 23.2 Å². The average Bonchev–Trinajstić information content (AvgIpc) is 2.19. The number of ether oxygens (including phenoxy) is 1. The number of halogens is 1. The van der Waals surface area contributed by atoms with Crippen molar-refractivity contribution in [2.24, 2.45) is 0 Å². The number of methoxy groups -OCH3 is 1. The van der Waals surface area contributed by atoms with Gasteiger partial charge in [0.05, 0.1) is 7.11 Å². The molecular formula is C9H9FN2O3. The van der Waals surface area contributed by atoms with Gasteiger partial charge < -0.3 is 15.6 Å². The van der Waals surface area contributed by atoms with Crippen LogP contribution in [-0.2, 0) is 4.79 Å². The zero-order chi connectivity index (χ0) is 11.4. The topological polar surface area (TPSA) is 85.4 Å². The maximum Gasteiger partial charge on any atom is 0.328 e. The van der Waals surface area contributed by atoms with Crippen molar-refractivity contribution in [1.29, 1.82) is 0 Å². The number of nitrogen functional groups attached to an aromatic ring is 1. The monoisotopic (exact) mass is 212 g/mol. The van der Waals surface area contributed by atoms with E-state index in [1.807, 2.05) is 0 Å². The molecule has 0 aromatic carbocycles. The minimum absolute atomic E-state index is 0.0754. The number of nitrogens with two attached hydrogens (primary N) is 1. The summed E-state index contributed by atoms with van der Waals surface area (Å²) in [6, 6.07) is 1.06. The van der Waals surface area contributed by atoms with Crippen molar-refractivity contribution in [2.75, 3.05) is 12.8 Å². The summed E-state index contributed by atoms with van der Waals surface area (Å²) in [5, 5.41) is 8.40. The summed E-state index contributed by atoms with van der Waals surface area (Å²) < 4.78 is 17.8. The largest absolute Gasteiger partial charge is 0.481 e. The highest BCUT2D eigenvalue weighted by atomic mass is 19.1. The molecule has 1 heterocycles. The number of carboxylic acids is 1. The van der Waals surface area contributed by atoms with Crippen molar-refractivity contribution in [2.45, 2.75) is 0 Å². The van der Waals surface area contributed by atoms with Gasteiger partial charge in [-0.15, -0.1) is 0 Å². The van der Waals surface area contributed by atoms with E-state index in [9.17, 15) is 9.18 Å². The molecule has 0 unspecified atom stereocenters. The van der Waals surface area contributed by atoms with Gasteiger partial charge in [-0.1, -0.05) is 0 Å². The van der Waals surface area contributed by atoms with Crippen LogP contribution >= 0.6 is 0 Å². The number of anilines is 1. The van der Waals surface area contributed by atoms with Crippen molar-refractivity contribution in [3.05, 3.63) is 23.5 Å². The SMILES string of the molecule is COc1nc(N)c(F)cc1C=CC(=O)O.